The number of hydrogen-bond donors (Lipinski definition) is 2. The minimum atomic E-state index is -1.18. The Morgan fingerprint density at radius 3 is 2.84 bits per heavy atom. The minimum Gasteiger partial charge on any atom is -0.484 e. The monoisotopic (exact) mass is 578 g/mol. The number of aryl methyl sites for hydroxylation is 1. The largest absolute Gasteiger partial charge is 0.484 e. The number of para-hydroxylation sites is 1. The average Bonchev–Trinajstić information content (AvgIpc) is 3.53. The van der Waals surface area contributed by atoms with Crippen molar-refractivity contribution in [2.75, 3.05) is 11.5 Å². The quantitative estimate of drug-likeness (QED) is 0.285. The molecule has 14 heteroatoms. The lowest BCUT2D eigenvalue weighted by Gasteiger charge is -2.49. The summed E-state index contributed by atoms with van der Waals surface area (Å²) < 4.78 is 11.9. The highest BCUT2D eigenvalue weighted by atomic mass is 35.5. The molecule has 10 nitrogen and oxygen atoms in total. The van der Waals surface area contributed by atoms with Gasteiger partial charge in [-0.3, -0.25) is 14.5 Å². The summed E-state index contributed by atoms with van der Waals surface area (Å²) >= 11 is 10.3. The Kier molecular flexibility index (Phi) is 7.47. The molecule has 0 radical (unpaired) electrons. The van der Waals surface area contributed by atoms with Gasteiger partial charge in [0.1, 0.15) is 40.2 Å². The highest BCUT2D eigenvalue weighted by Gasteiger charge is 2.54. The molecule has 37 heavy (non-hydrogen) atoms. The Balaban J connectivity index is 1.21. The highest BCUT2D eigenvalue weighted by molar-refractivity contribution is 8.01. The fourth-order valence-corrected chi connectivity index (χ4v) is 7.27. The molecule has 1 fully saturated rings. The van der Waals surface area contributed by atoms with Crippen molar-refractivity contribution in [2.45, 2.75) is 29.3 Å². The molecule has 2 amide bonds. The number of benzene rings is 1. The number of fused-ring (bicyclic) bond motifs is 1. The second kappa shape index (κ2) is 10.8. The average molecular weight is 579 g/mol. The normalized spacial score (nSPS) is 18.9. The third-order valence-electron chi connectivity index (χ3n) is 5.51. The van der Waals surface area contributed by atoms with Gasteiger partial charge >= 0.3 is 5.97 Å². The molecule has 0 aliphatic carbocycles. The number of furan rings is 1. The van der Waals surface area contributed by atoms with Crippen LogP contribution >= 0.6 is 46.5 Å². The molecule has 2 atom stereocenters. The van der Waals surface area contributed by atoms with Crippen LogP contribution in [-0.4, -0.2) is 60.9 Å². The van der Waals surface area contributed by atoms with Gasteiger partial charge < -0.3 is 19.6 Å². The van der Waals surface area contributed by atoms with Crippen molar-refractivity contribution in [3.05, 3.63) is 69.2 Å². The van der Waals surface area contributed by atoms with E-state index in [1.165, 1.54) is 45.8 Å². The molecule has 4 heterocycles. The number of rotatable bonds is 9. The van der Waals surface area contributed by atoms with Gasteiger partial charge in [0.05, 0.1) is 5.02 Å². The first kappa shape index (κ1) is 25.6. The van der Waals surface area contributed by atoms with E-state index >= 15 is 0 Å². The number of amides is 2. The maximum Gasteiger partial charge on any atom is 0.352 e. The van der Waals surface area contributed by atoms with Crippen LogP contribution in [0.25, 0.3) is 0 Å². The number of hydrogen-bond acceptors (Lipinski definition) is 10. The smallest absolute Gasteiger partial charge is 0.352 e. The van der Waals surface area contributed by atoms with E-state index in [-0.39, 0.29) is 18.1 Å². The zero-order chi connectivity index (χ0) is 26.1. The summed E-state index contributed by atoms with van der Waals surface area (Å²) in [4.78, 5) is 38.9. The van der Waals surface area contributed by atoms with Crippen molar-refractivity contribution >= 4 is 64.2 Å². The molecule has 192 valence electrons. The van der Waals surface area contributed by atoms with Gasteiger partial charge in [0.15, 0.2) is 10.1 Å². The third kappa shape index (κ3) is 5.35. The number of aromatic nitrogens is 2. The molecular weight excluding hydrogens is 560 g/mol. The van der Waals surface area contributed by atoms with Crippen LogP contribution in [0.1, 0.15) is 21.3 Å². The summed E-state index contributed by atoms with van der Waals surface area (Å²) in [5.41, 5.74) is 0.587. The first-order valence-electron chi connectivity index (χ1n) is 10.9. The lowest BCUT2D eigenvalue weighted by atomic mass is 10.0. The molecule has 2 aromatic heterocycles. The standard InChI is InChI=1S/C23H19ClN4O6S3/c1-11-26-27-23(37-11)36-10-12-9-35-21-17(20(30)28(21)18(12)22(31)32)25-19(29)16-7-6-13(34-16)8-33-15-5-3-2-4-14(15)24/h2-7,17,21H,8-10H2,1H3,(H,25,29)(H,31,32)/t17-,21+/m0/s1. The van der Waals surface area contributed by atoms with Gasteiger partial charge in [-0.2, -0.15) is 0 Å². The zero-order valence-electron chi connectivity index (χ0n) is 19.2. The van der Waals surface area contributed by atoms with Crippen molar-refractivity contribution < 1.29 is 28.6 Å². The van der Waals surface area contributed by atoms with Crippen LogP contribution < -0.4 is 10.1 Å². The molecule has 2 aliphatic heterocycles. The summed E-state index contributed by atoms with van der Waals surface area (Å²) in [6.45, 7) is 1.91. The molecule has 5 rings (SSSR count). The second-order valence-electron chi connectivity index (χ2n) is 7.98. The summed E-state index contributed by atoms with van der Waals surface area (Å²) in [6.07, 6.45) is 0. The fraction of sp³-hybridized carbons (Fsp3) is 0.261. The highest BCUT2D eigenvalue weighted by Crippen LogP contribution is 2.42. The van der Waals surface area contributed by atoms with E-state index in [4.69, 9.17) is 20.8 Å². The first-order chi connectivity index (χ1) is 17.8. The van der Waals surface area contributed by atoms with Crippen LogP contribution in [0.4, 0.5) is 0 Å². The van der Waals surface area contributed by atoms with Crippen molar-refractivity contribution in [2.24, 2.45) is 0 Å². The topological polar surface area (TPSA) is 135 Å². The number of thioether (sulfide) groups is 2. The van der Waals surface area contributed by atoms with E-state index in [0.29, 0.717) is 33.6 Å². The molecule has 0 bridgehead atoms. The molecule has 0 spiro atoms. The van der Waals surface area contributed by atoms with E-state index in [9.17, 15) is 19.5 Å². The number of halogens is 1. The minimum absolute atomic E-state index is 0.0169. The Hall–Kier alpha value is -3.00. The summed E-state index contributed by atoms with van der Waals surface area (Å²) in [6, 6.07) is 9.22. The Labute approximate surface area is 228 Å². The van der Waals surface area contributed by atoms with E-state index in [2.05, 4.69) is 15.5 Å². The van der Waals surface area contributed by atoms with Crippen LogP contribution in [0.3, 0.4) is 0 Å². The summed E-state index contributed by atoms with van der Waals surface area (Å²) in [5.74, 6) is -0.533. The second-order valence-corrected chi connectivity index (χ2v) is 11.9. The molecular formula is C23H19ClN4O6S3. The summed E-state index contributed by atoms with van der Waals surface area (Å²) in [7, 11) is 0. The Bertz CT molecular complexity index is 1410. The predicted molar refractivity (Wildman–Crippen MR) is 139 cm³/mol. The lowest BCUT2D eigenvalue weighted by molar-refractivity contribution is -0.148. The maximum atomic E-state index is 12.9. The summed E-state index contributed by atoms with van der Waals surface area (Å²) in [5, 5.41) is 21.3. The van der Waals surface area contributed by atoms with Crippen LogP contribution in [0.15, 0.2) is 56.4 Å². The predicted octanol–water partition coefficient (Wildman–Crippen LogP) is 3.82. The van der Waals surface area contributed by atoms with Crippen molar-refractivity contribution in [1.82, 2.24) is 20.4 Å². The van der Waals surface area contributed by atoms with Crippen LogP contribution in [-0.2, 0) is 16.2 Å². The first-order valence-corrected chi connectivity index (χ1v) is 14.1. The van der Waals surface area contributed by atoms with E-state index in [0.717, 1.165) is 9.35 Å². The number of carboxylic acids is 1. The molecule has 1 aromatic carbocycles. The van der Waals surface area contributed by atoms with Crippen molar-refractivity contribution in [1.29, 1.82) is 0 Å². The number of carbonyl (C=O) groups excluding carboxylic acids is 2. The fourth-order valence-electron chi connectivity index (χ4n) is 3.78. The van der Waals surface area contributed by atoms with Crippen LogP contribution in [0, 0.1) is 6.92 Å². The van der Waals surface area contributed by atoms with E-state index in [1.54, 1.807) is 30.3 Å². The Morgan fingerprint density at radius 2 is 2.11 bits per heavy atom. The lowest BCUT2D eigenvalue weighted by Crippen LogP contribution is -2.70. The van der Waals surface area contributed by atoms with E-state index < -0.39 is 29.2 Å². The van der Waals surface area contributed by atoms with Gasteiger partial charge in [0.2, 0.25) is 0 Å². The SMILES string of the molecule is Cc1nnc(SCC2=C(C(=O)O)N3C(=O)[C@H](NC(=O)c4ccc(COc5ccccc5Cl)o4)[C@H]3SC2)s1. The van der Waals surface area contributed by atoms with Crippen molar-refractivity contribution in [3.8, 4) is 5.75 Å². The number of β-lactam (4-membered cyclic amide) rings is 1. The van der Waals surface area contributed by atoms with Gasteiger partial charge in [-0.15, -0.1) is 22.0 Å². The molecule has 0 saturated carbocycles. The number of carboxylic acid groups (broad SMARTS) is 1. The van der Waals surface area contributed by atoms with Crippen molar-refractivity contribution in [3.63, 3.8) is 0 Å². The zero-order valence-corrected chi connectivity index (χ0v) is 22.4. The number of nitrogens with one attached hydrogen (secondary N) is 1. The number of aliphatic carboxylic acids is 1. The molecule has 1 saturated heterocycles. The van der Waals surface area contributed by atoms with Gasteiger partial charge in [0, 0.05) is 11.5 Å². The molecule has 3 aromatic rings. The van der Waals surface area contributed by atoms with Crippen LogP contribution in [0.5, 0.6) is 5.75 Å². The Morgan fingerprint density at radius 1 is 1.30 bits per heavy atom. The molecule has 2 N–H and O–H groups in total. The van der Waals surface area contributed by atoms with Gasteiger partial charge in [0.25, 0.3) is 11.8 Å². The number of nitrogens with zero attached hydrogens (tertiary/aromatic N) is 3. The van der Waals surface area contributed by atoms with Crippen LogP contribution in [0.2, 0.25) is 5.02 Å². The van der Waals surface area contributed by atoms with E-state index in [1.807, 2.05) is 6.92 Å². The van der Waals surface area contributed by atoms with Gasteiger partial charge in [-0.05, 0) is 36.8 Å². The van der Waals surface area contributed by atoms with Gasteiger partial charge in [-0.1, -0.05) is 46.8 Å². The molecule has 2 aliphatic rings. The maximum absolute atomic E-state index is 12.9. The third-order valence-corrected chi connectivity index (χ3v) is 9.22. The number of ether oxygens (including phenoxy) is 1. The number of carbonyl (C=O) groups is 3. The van der Waals surface area contributed by atoms with Gasteiger partial charge in [-0.25, -0.2) is 4.79 Å². The molecule has 0 unspecified atom stereocenters.